The third kappa shape index (κ3) is 4.71. The van der Waals surface area contributed by atoms with E-state index < -0.39 is 0 Å². The van der Waals surface area contributed by atoms with Crippen molar-refractivity contribution in [2.75, 3.05) is 20.3 Å². The molecule has 2 N–H and O–H groups in total. The summed E-state index contributed by atoms with van der Waals surface area (Å²) >= 11 is 0. The summed E-state index contributed by atoms with van der Waals surface area (Å²) < 4.78 is 5.48. The molecule has 0 bridgehead atoms. The van der Waals surface area contributed by atoms with Gasteiger partial charge in [0, 0.05) is 20.2 Å². The van der Waals surface area contributed by atoms with Gasteiger partial charge in [0.05, 0.1) is 18.8 Å². The van der Waals surface area contributed by atoms with Crippen LogP contribution in [-0.4, -0.2) is 48.4 Å². The first-order chi connectivity index (χ1) is 10.7. The Morgan fingerprint density at radius 2 is 2.05 bits per heavy atom. The van der Waals surface area contributed by atoms with Crippen molar-refractivity contribution in [3.63, 3.8) is 0 Å². The fraction of sp³-hybridized carbons (Fsp3) is 0.588. The molecular formula is C17H26N2O3. The molecule has 1 aromatic rings. The molecule has 0 saturated heterocycles. The highest BCUT2D eigenvalue weighted by Crippen LogP contribution is 2.21. The van der Waals surface area contributed by atoms with Gasteiger partial charge < -0.3 is 20.1 Å². The van der Waals surface area contributed by atoms with E-state index in [-0.39, 0.29) is 24.8 Å². The summed E-state index contributed by atoms with van der Waals surface area (Å²) in [6, 6.07) is 9.74. The number of aliphatic hydroxyl groups excluding tert-OH is 1. The van der Waals surface area contributed by atoms with Crippen LogP contribution >= 0.6 is 0 Å². The molecule has 5 nitrogen and oxygen atoms in total. The van der Waals surface area contributed by atoms with E-state index in [0.29, 0.717) is 13.1 Å². The Balaban J connectivity index is 1.96. The van der Waals surface area contributed by atoms with Crippen molar-refractivity contribution >= 4 is 6.03 Å². The van der Waals surface area contributed by atoms with Gasteiger partial charge in [-0.15, -0.1) is 0 Å². The van der Waals surface area contributed by atoms with Crippen LogP contribution in [0.2, 0.25) is 0 Å². The summed E-state index contributed by atoms with van der Waals surface area (Å²) in [5, 5.41) is 12.3. The third-order valence-corrected chi connectivity index (χ3v) is 4.19. The van der Waals surface area contributed by atoms with Crippen molar-refractivity contribution in [3.8, 4) is 0 Å². The Bertz CT molecular complexity index is 452. The normalized spacial score (nSPS) is 21.4. The van der Waals surface area contributed by atoms with Crippen molar-refractivity contribution in [1.29, 1.82) is 0 Å². The first-order valence-corrected chi connectivity index (χ1v) is 7.97. The number of rotatable bonds is 6. The van der Waals surface area contributed by atoms with E-state index in [9.17, 15) is 9.90 Å². The molecule has 1 saturated carbocycles. The number of amides is 2. The molecule has 0 spiro atoms. The number of urea groups is 1. The van der Waals surface area contributed by atoms with Gasteiger partial charge in [-0.2, -0.15) is 0 Å². The van der Waals surface area contributed by atoms with Crippen molar-refractivity contribution in [2.24, 2.45) is 0 Å². The molecule has 0 heterocycles. The zero-order valence-electron chi connectivity index (χ0n) is 13.2. The lowest BCUT2D eigenvalue weighted by Crippen LogP contribution is -2.51. The Hall–Kier alpha value is -1.59. The van der Waals surface area contributed by atoms with E-state index in [1.807, 2.05) is 30.3 Å². The topological polar surface area (TPSA) is 61.8 Å². The van der Waals surface area contributed by atoms with Crippen LogP contribution in [0.1, 0.15) is 31.2 Å². The number of hydrogen-bond acceptors (Lipinski definition) is 3. The van der Waals surface area contributed by atoms with Crippen LogP contribution in [0.25, 0.3) is 0 Å². The molecule has 22 heavy (non-hydrogen) atoms. The average molecular weight is 306 g/mol. The highest BCUT2D eigenvalue weighted by Gasteiger charge is 2.27. The second-order valence-electron chi connectivity index (χ2n) is 5.75. The van der Waals surface area contributed by atoms with Crippen LogP contribution in [0.15, 0.2) is 30.3 Å². The van der Waals surface area contributed by atoms with Crippen LogP contribution in [0.4, 0.5) is 4.79 Å². The van der Waals surface area contributed by atoms with E-state index in [4.69, 9.17) is 4.74 Å². The summed E-state index contributed by atoms with van der Waals surface area (Å²) in [7, 11) is 1.70. The molecule has 0 aromatic heterocycles. The van der Waals surface area contributed by atoms with Crippen molar-refractivity contribution in [1.82, 2.24) is 10.2 Å². The molecule has 122 valence electrons. The summed E-state index contributed by atoms with van der Waals surface area (Å²) in [6.07, 6.45) is 4.28. The lowest BCUT2D eigenvalue weighted by molar-refractivity contribution is 0.0426. The molecule has 0 radical (unpaired) electrons. The Kier molecular flexibility index (Phi) is 6.68. The van der Waals surface area contributed by atoms with E-state index >= 15 is 0 Å². The Morgan fingerprint density at radius 3 is 2.73 bits per heavy atom. The smallest absolute Gasteiger partial charge is 0.318 e. The molecule has 1 aromatic carbocycles. The molecule has 0 unspecified atom stereocenters. The number of nitrogens with one attached hydrogen (secondary N) is 1. The van der Waals surface area contributed by atoms with Crippen LogP contribution in [0.3, 0.4) is 0 Å². The molecule has 1 aliphatic carbocycles. The summed E-state index contributed by atoms with van der Waals surface area (Å²) in [6.45, 7) is 0.779. The Morgan fingerprint density at radius 1 is 1.32 bits per heavy atom. The fourth-order valence-corrected chi connectivity index (χ4v) is 2.97. The third-order valence-electron chi connectivity index (χ3n) is 4.19. The maximum atomic E-state index is 12.5. The minimum atomic E-state index is -0.133. The minimum Gasteiger partial charge on any atom is -0.395 e. The van der Waals surface area contributed by atoms with Gasteiger partial charge in [-0.25, -0.2) is 4.79 Å². The first-order valence-electron chi connectivity index (χ1n) is 7.97. The summed E-state index contributed by atoms with van der Waals surface area (Å²) in [5.41, 5.74) is 1.05. The molecule has 1 fully saturated rings. The summed E-state index contributed by atoms with van der Waals surface area (Å²) in [4.78, 5) is 14.2. The van der Waals surface area contributed by atoms with Gasteiger partial charge in [0.15, 0.2) is 0 Å². The molecule has 2 amide bonds. The van der Waals surface area contributed by atoms with Crippen molar-refractivity contribution in [2.45, 2.75) is 44.4 Å². The van der Waals surface area contributed by atoms with Crippen LogP contribution in [0.5, 0.6) is 0 Å². The van der Waals surface area contributed by atoms with Crippen LogP contribution in [0, 0.1) is 0 Å². The Labute approximate surface area is 132 Å². The number of hydrogen-bond donors (Lipinski definition) is 2. The number of carbonyl (C=O) groups excluding carboxylic acids is 1. The van der Waals surface area contributed by atoms with E-state index in [0.717, 1.165) is 31.2 Å². The standard InChI is InChI=1S/C17H26N2O3/c1-22-16-10-6-5-9-15(16)18-17(21)19(11-12-20)13-14-7-3-2-4-8-14/h2-4,7-8,15-16,20H,5-6,9-13H2,1H3,(H,18,21)/t15-,16+/m1/s1. The quantitative estimate of drug-likeness (QED) is 0.846. The molecule has 2 rings (SSSR count). The lowest BCUT2D eigenvalue weighted by atomic mass is 9.92. The zero-order valence-corrected chi connectivity index (χ0v) is 13.2. The van der Waals surface area contributed by atoms with Crippen LogP contribution in [-0.2, 0) is 11.3 Å². The molecule has 1 aliphatic rings. The molecule has 0 aliphatic heterocycles. The monoisotopic (exact) mass is 306 g/mol. The molecule has 5 heteroatoms. The van der Waals surface area contributed by atoms with Gasteiger partial charge in [-0.3, -0.25) is 0 Å². The van der Waals surface area contributed by atoms with E-state index in [1.165, 1.54) is 0 Å². The van der Waals surface area contributed by atoms with Gasteiger partial charge in [-0.05, 0) is 18.4 Å². The van der Waals surface area contributed by atoms with Gasteiger partial charge in [-0.1, -0.05) is 43.2 Å². The number of nitrogens with zero attached hydrogens (tertiary/aromatic N) is 1. The molecular weight excluding hydrogens is 280 g/mol. The minimum absolute atomic E-state index is 0.0430. The molecule has 2 atom stereocenters. The first kappa shape index (κ1) is 16.8. The van der Waals surface area contributed by atoms with Gasteiger partial charge in [0.1, 0.15) is 0 Å². The number of aliphatic hydroxyl groups is 1. The predicted octanol–water partition coefficient (Wildman–Crippen LogP) is 2.15. The second kappa shape index (κ2) is 8.76. The van der Waals surface area contributed by atoms with Gasteiger partial charge in [0.25, 0.3) is 0 Å². The van der Waals surface area contributed by atoms with Gasteiger partial charge in [0.2, 0.25) is 0 Å². The van der Waals surface area contributed by atoms with Crippen molar-refractivity contribution in [3.05, 3.63) is 35.9 Å². The van der Waals surface area contributed by atoms with E-state index in [2.05, 4.69) is 5.32 Å². The van der Waals surface area contributed by atoms with Crippen LogP contribution < -0.4 is 5.32 Å². The number of methoxy groups -OCH3 is 1. The number of carbonyl (C=O) groups is 1. The highest BCUT2D eigenvalue weighted by molar-refractivity contribution is 5.74. The predicted molar refractivity (Wildman–Crippen MR) is 85.5 cm³/mol. The fourth-order valence-electron chi connectivity index (χ4n) is 2.97. The van der Waals surface area contributed by atoms with Crippen molar-refractivity contribution < 1.29 is 14.6 Å². The highest BCUT2D eigenvalue weighted by atomic mass is 16.5. The lowest BCUT2D eigenvalue weighted by Gasteiger charge is -2.33. The summed E-state index contributed by atoms with van der Waals surface area (Å²) in [5.74, 6) is 0. The number of ether oxygens (including phenoxy) is 1. The second-order valence-corrected chi connectivity index (χ2v) is 5.75. The maximum Gasteiger partial charge on any atom is 0.318 e. The SMILES string of the molecule is CO[C@H]1CCCC[C@H]1NC(=O)N(CCO)Cc1ccccc1. The number of benzene rings is 1. The largest absolute Gasteiger partial charge is 0.395 e. The van der Waals surface area contributed by atoms with Gasteiger partial charge >= 0.3 is 6.03 Å². The zero-order chi connectivity index (χ0) is 15.8. The average Bonchev–Trinajstić information content (AvgIpc) is 2.56. The van der Waals surface area contributed by atoms with E-state index in [1.54, 1.807) is 12.0 Å². The maximum absolute atomic E-state index is 12.5.